The predicted molar refractivity (Wildman–Crippen MR) is 121 cm³/mol. The van der Waals surface area contributed by atoms with Gasteiger partial charge in [-0.1, -0.05) is 37.5 Å². The fourth-order valence-electron chi connectivity index (χ4n) is 3.96. The monoisotopic (exact) mass is 410 g/mol. The Bertz CT molecular complexity index is 838. The van der Waals surface area contributed by atoms with Crippen molar-refractivity contribution in [2.24, 2.45) is 22.1 Å². The Kier molecular flexibility index (Phi) is 7.62. The zero-order valence-electron chi connectivity index (χ0n) is 18.8. The molecule has 0 unspecified atom stereocenters. The maximum Gasteiger partial charge on any atom is 0.182 e. The van der Waals surface area contributed by atoms with Crippen LogP contribution in [-0.2, 0) is 11.3 Å². The smallest absolute Gasteiger partial charge is 0.182 e. The van der Waals surface area contributed by atoms with Crippen LogP contribution in [0.2, 0.25) is 0 Å². The Balaban J connectivity index is 1.56. The Morgan fingerprint density at radius 3 is 2.30 bits per heavy atom. The van der Waals surface area contributed by atoms with E-state index in [4.69, 9.17) is 4.74 Å². The van der Waals surface area contributed by atoms with E-state index in [0.29, 0.717) is 23.7 Å². The van der Waals surface area contributed by atoms with Crippen LogP contribution in [0.1, 0.15) is 43.7 Å². The van der Waals surface area contributed by atoms with Crippen LogP contribution < -0.4 is 0 Å². The van der Waals surface area contributed by atoms with Crippen molar-refractivity contribution in [2.45, 2.75) is 46.1 Å². The molecule has 5 heteroatoms. The highest BCUT2D eigenvalue weighted by molar-refractivity contribution is 5.47. The number of ether oxygens (including phenoxy) is 1. The first-order chi connectivity index (χ1) is 14.3. The average molecular weight is 411 g/mol. The van der Waals surface area contributed by atoms with Gasteiger partial charge < -0.3 is 14.3 Å². The molecule has 30 heavy (non-hydrogen) atoms. The molecule has 5 nitrogen and oxygen atoms in total. The Hall–Kier alpha value is -2.24. The van der Waals surface area contributed by atoms with Crippen molar-refractivity contribution < 1.29 is 14.3 Å². The quantitative estimate of drug-likeness (QED) is 0.307. The Labute approximate surface area is 181 Å². The first-order valence-corrected chi connectivity index (χ1v) is 11.0. The topological polar surface area (TPSA) is 54.2 Å². The van der Waals surface area contributed by atoms with Crippen LogP contribution in [0.4, 0.5) is 11.4 Å². The van der Waals surface area contributed by atoms with Gasteiger partial charge in [0.15, 0.2) is 6.73 Å². The van der Waals surface area contributed by atoms with Crippen LogP contribution >= 0.6 is 0 Å². The number of aryl methyl sites for hydroxylation is 1. The molecule has 0 aliphatic heterocycles. The van der Waals surface area contributed by atoms with E-state index in [1.165, 1.54) is 31.2 Å². The fraction of sp³-hybridized carbons (Fsp3) is 0.520. The van der Waals surface area contributed by atoms with Gasteiger partial charge in [0, 0.05) is 0 Å². The van der Waals surface area contributed by atoms with Crippen molar-refractivity contribution in [1.82, 2.24) is 0 Å². The van der Waals surface area contributed by atoms with Gasteiger partial charge in [0.2, 0.25) is 0 Å². The maximum absolute atomic E-state index is 10.3. The van der Waals surface area contributed by atoms with Crippen LogP contribution in [0.3, 0.4) is 0 Å². The number of azo groups is 1. The van der Waals surface area contributed by atoms with Crippen molar-refractivity contribution >= 4 is 11.4 Å². The maximum atomic E-state index is 10.3. The molecule has 2 aromatic carbocycles. The molecule has 3 rings (SSSR count). The van der Waals surface area contributed by atoms with Gasteiger partial charge in [0.25, 0.3) is 0 Å². The van der Waals surface area contributed by atoms with Gasteiger partial charge in [-0.15, -0.1) is 0 Å². The Morgan fingerprint density at radius 2 is 1.60 bits per heavy atom. The third-order valence-electron chi connectivity index (χ3n) is 5.91. The third kappa shape index (κ3) is 6.92. The highest BCUT2D eigenvalue weighted by Crippen LogP contribution is 2.29. The van der Waals surface area contributed by atoms with Crippen LogP contribution in [-0.4, -0.2) is 37.0 Å². The van der Waals surface area contributed by atoms with E-state index >= 15 is 0 Å². The first kappa shape index (κ1) is 22.4. The van der Waals surface area contributed by atoms with E-state index in [1.807, 2.05) is 37.3 Å². The lowest BCUT2D eigenvalue weighted by Gasteiger charge is -2.31. The van der Waals surface area contributed by atoms with Gasteiger partial charge in [0.05, 0.1) is 37.6 Å². The minimum atomic E-state index is 0.289. The standard InChI is InChI=1S/C25H35N3O2/c1-19-5-9-21(10-6-19)17-30-18-28(3,4)16-22-15-24(13-14-25(22)29)27-26-23-11-7-20(2)8-12-23/h7-8,11-15,19,21H,5-6,9-10,16-18H2,1-4H3/p+1. The lowest BCUT2D eigenvalue weighted by Crippen LogP contribution is -2.41. The third-order valence-corrected chi connectivity index (χ3v) is 5.91. The van der Waals surface area contributed by atoms with Crippen molar-refractivity contribution in [3.05, 3.63) is 53.6 Å². The summed E-state index contributed by atoms with van der Waals surface area (Å²) in [5.41, 5.74) is 3.61. The summed E-state index contributed by atoms with van der Waals surface area (Å²) in [6, 6.07) is 13.3. The van der Waals surface area contributed by atoms with Crippen LogP contribution in [0.15, 0.2) is 52.7 Å². The van der Waals surface area contributed by atoms with Gasteiger partial charge in [-0.25, -0.2) is 0 Å². The second-order valence-electron chi connectivity index (χ2n) is 9.57. The SMILES string of the molecule is Cc1ccc(N=Nc2ccc(O)c(C[N+](C)(C)COCC3CCC(C)CC3)c2)cc1. The second kappa shape index (κ2) is 10.2. The molecule has 1 aliphatic carbocycles. The van der Waals surface area contributed by atoms with Gasteiger partial charge in [0.1, 0.15) is 12.3 Å². The summed E-state index contributed by atoms with van der Waals surface area (Å²) in [4.78, 5) is 0. The van der Waals surface area contributed by atoms with Crippen LogP contribution in [0.5, 0.6) is 5.75 Å². The first-order valence-electron chi connectivity index (χ1n) is 11.0. The van der Waals surface area contributed by atoms with Gasteiger partial charge in [-0.2, -0.15) is 10.2 Å². The van der Waals surface area contributed by atoms with Crippen LogP contribution in [0.25, 0.3) is 0 Å². The molecule has 1 N–H and O–H groups in total. The molecular formula is C25H36N3O2+. The second-order valence-corrected chi connectivity index (χ2v) is 9.57. The number of hydrogen-bond donors (Lipinski definition) is 1. The predicted octanol–water partition coefficient (Wildman–Crippen LogP) is 6.49. The summed E-state index contributed by atoms with van der Waals surface area (Å²) in [6.45, 7) is 6.53. The number of phenols is 1. The summed E-state index contributed by atoms with van der Waals surface area (Å²) in [5.74, 6) is 1.85. The number of benzene rings is 2. The summed E-state index contributed by atoms with van der Waals surface area (Å²) >= 11 is 0. The molecule has 0 spiro atoms. The summed E-state index contributed by atoms with van der Waals surface area (Å²) in [6.07, 6.45) is 5.21. The van der Waals surface area contributed by atoms with Gasteiger partial charge in [-0.05, 0) is 61.9 Å². The van der Waals surface area contributed by atoms with E-state index < -0.39 is 0 Å². The zero-order valence-corrected chi connectivity index (χ0v) is 18.8. The minimum absolute atomic E-state index is 0.289. The number of nitrogens with zero attached hydrogens (tertiary/aromatic N) is 3. The molecule has 1 fully saturated rings. The van der Waals surface area contributed by atoms with Crippen molar-refractivity contribution in [1.29, 1.82) is 0 Å². The highest BCUT2D eigenvalue weighted by atomic mass is 16.5. The average Bonchev–Trinajstić information content (AvgIpc) is 2.71. The molecule has 162 valence electrons. The number of rotatable bonds is 8. The highest BCUT2D eigenvalue weighted by Gasteiger charge is 2.22. The molecule has 0 atom stereocenters. The van der Waals surface area contributed by atoms with Crippen molar-refractivity contribution in [3.8, 4) is 5.75 Å². The minimum Gasteiger partial charge on any atom is -0.507 e. The number of phenolic OH excluding ortho intramolecular Hbond substituents is 1. The molecule has 0 bridgehead atoms. The molecular weight excluding hydrogens is 374 g/mol. The molecule has 1 aliphatic rings. The van der Waals surface area contributed by atoms with Gasteiger partial charge >= 0.3 is 0 Å². The van der Waals surface area contributed by atoms with Crippen molar-refractivity contribution in [3.63, 3.8) is 0 Å². The zero-order chi connectivity index (χ0) is 21.6. The molecule has 1 saturated carbocycles. The molecule has 0 amide bonds. The largest absolute Gasteiger partial charge is 0.507 e. The molecule has 0 aromatic heterocycles. The summed E-state index contributed by atoms with van der Waals surface area (Å²) in [5, 5.41) is 19.0. The van der Waals surface area contributed by atoms with E-state index in [9.17, 15) is 5.11 Å². The van der Waals surface area contributed by atoms with E-state index in [0.717, 1.165) is 29.5 Å². The van der Waals surface area contributed by atoms with Gasteiger partial charge in [-0.3, -0.25) is 0 Å². The van der Waals surface area contributed by atoms with E-state index in [1.54, 1.807) is 12.1 Å². The van der Waals surface area contributed by atoms with Crippen molar-refractivity contribution in [2.75, 3.05) is 27.4 Å². The van der Waals surface area contributed by atoms with Crippen LogP contribution in [0, 0.1) is 18.8 Å². The lowest BCUT2D eigenvalue weighted by atomic mass is 9.83. The fourth-order valence-corrected chi connectivity index (χ4v) is 3.96. The number of aromatic hydroxyl groups is 1. The molecule has 2 aromatic rings. The summed E-state index contributed by atoms with van der Waals surface area (Å²) in [7, 11) is 4.26. The van der Waals surface area contributed by atoms with E-state index in [-0.39, 0.29) is 5.75 Å². The number of hydrogen-bond acceptors (Lipinski definition) is 4. The van der Waals surface area contributed by atoms with E-state index in [2.05, 4.69) is 31.2 Å². The Morgan fingerprint density at radius 1 is 0.967 bits per heavy atom. The summed E-state index contributed by atoms with van der Waals surface area (Å²) < 4.78 is 6.73. The number of quaternary nitrogens is 1. The molecule has 0 radical (unpaired) electrons. The molecule has 0 saturated heterocycles. The molecule has 0 heterocycles. The lowest BCUT2D eigenvalue weighted by molar-refractivity contribution is -0.922. The normalized spacial score (nSPS) is 20.0.